The fourth-order valence-corrected chi connectivity index (χ4v) is 3.75. The van der Waals surface area contributed by atoms with Crippen LogP contribution >= 0.6 is 0 Å². The number of aliphatic hydroxyl groups excluding tert-OH is 3. The summed E-state index contributed by atoms with van der Waals surface area (Å²) in [5.41, 5.74) is -0.760. The second-order valence-corrected chi connectivity index (χ2v) is 7.20. The summed E-state index contributed by atoms with van der Waals surface area (Å²) in [7, 11) is 0. The highest BCUT2D eigenvalue weighted by atomic mass is 19.4. The molecule has 9 heteroatoms. The van der Waals surface area contributed by atoms with Gasteiger partial charge in [0.1, 0.15) is 11.9 Å². The lowest BCUT2D eigenvalue weighted by molar-refractivity contribution is -0.137. The van der Waals surface area contributed by atoms with Crippen LogP contribution in [0.15, 0.2) is 18.3 Å². The zero-order valence-electron chi connectivity index (χ0n) is 14.3. The highest BCUT2D eigenvalue weighted by Gasteiger charge is 2.35. The van der Waals surface area contributed by atoms with E-state index in [4.69, 9.17) is 0 Å². The van der Waals surface area contributed by atoms with E-state index in [0.717, 1.165) is 31.6 Å². The Morgan fingerprint density at radius 3 is 2.35 bits per heavy atom. The summed E-state index contributed by atoms with van der Waals surface area (Å²) in [5, 5.41) is 29.2. The number of β-amino-alcohol motifs (C(OH)–C–C–N with tert-alkyl or cyclic N) is 2. The molecule has 0 amide bonds. The lowest BCUT2D eigenvalue weighted by atomic mass is 9.95. The minimum Gasteiger partial charge on any atom is -0.389 e. The van der Waals surface area contributed by atoms with E-state index in [1.54, 1.807) is 0 Å². The van der Waals surface area contributed by atoms with Crippen LogP contribution in [0.3, 0.4) is 0 Å². The number of piperidine rings is 2. The molecule has 146 valence electrons. The van der Waals surface area contributed by atoms with E-state index in [0.29, 0.717) is 32.0 Å². The van der Waals surface area contributed by atoms with E-state index < -0.39 is 30.1 Å². The van der Waals surface area contributed by atoms with Crippen molar-refractivity contribution in [1.29, 1.82) is 0 Å². The third-order valence-electron chi connectivity index (χ3n) is 5.11. The van der Waals surface area contributed by atoms with Crippen molar-refractivity contribution in [2.45, 2.75) is 37.3 Å². The predicted octanol–water partition coefficient (Wildman–Crippen LogP) is 0.715. The van der Waals surface area contributed by atoms with E-state index in [1.807, 2.05) is 9.80 Å². The van der Waals surface area contributed by atoms with E-state index >= 15 is 0 Å². The minimum absolute atomic E-state index is 0.252. The number of rotatable bonds is 3. The smallest absolute Gasteiger partial charge is 0.389 e. The molecule has 2 saturated heterocycles. The number of hydrogen-bond donors (Lipinski definition) is 3. The molecule has 3 heterocycles. The van der Waals surface area contributed by atoms with Crippen LogP contribution in [0.25, 0.3) is 0 Å². The molecule has 3 N–H and O–H groups in total. The molecule has 26 heavy (non-hydrogen) atoms. The molecule has 6 nitrogen and oxygen atoms in total. The van der Waals surface area contributed by atoms with Crippen molar-refractivity contribution in [3.8, 4) is 0 Å². The van der Waals surface area contributed by atoms with Crippen molar-refractivity contribution in [3.05, 3.63) is 23.9 Å². The first-order valence-corrected chi connectivity index (χ1v) is 8.79. The molecule has 0 spiro atoms. The quantitative estimate of drug-likeness (QED) is 0.722. The predicted molar refractivity (Wildman–Crippen MR) is 88.6 cm³/mol. The van der Waals surface area contributed by atoms with Gasteiger partial charge in [0, 0.05) is 38.9 Å². The van der Waals surface area contributed by atoms with Gasteiger partial charge in [0.05, 0.1) is 17.8 Å². The van der Waals surface area contributed by atoms with Crippen LogP contribution < -0.4 is 4.90 Å². The van der Waals surface area contributed by atoms with Crippen LogP contribution in [-0.4, -0.2) is 76.2 Å². The molecule has 0 bridgehead atoms. The molecule has 0 radical (unpaired) electrons. The van der Waals surface area contributed by atoms with Gasteiger partial charge >= 0.3 is 6.18 Å². The summed E-state index contributed by atoms with van der Waals surface area (Å²) in [4.78, 5) is 7.86. The zero-order valence-corrected chi connectivity index (χ0v) is 14.3. The number of pyridine rings is 1. The second kappa shape index (κ2) is 7.67. The van der Waals surface area contributed by atoms with Crippen LogP contribution in [0.2, 0.25) is 0 Å². The third kappa shape index (κ3) is 4.46. The summed E-state index contributed by atoms with van der Waals surface area (Å²) in [5.74, 6) is 0.777. The number of halogens is 3. The monoisotopic (exact) mass is 375 g/mol. The van der Waals surface area contributed by atoms with Gasteiger partial charge in [-0.15, -0.1) is 0 Å². The molecule has 0 aromatic carbocycles. The number of alkyl halides is 3. The van der Waals surface area contributed by atoms with E-state index in [9.17, 15) is 28.5 Å². The lowest BCUT2D eigenvalue weighted by Gasteiger charge is -2.41. The Hall–Kier alpha value is -1.42. The van der Waals surface area contributed by atoms with E-state index in [1.165, 1.54) is 6.07 Å². The summed E-state index contributed by atoms with van der Waals surface area (Å²) >= 11 is 0. The molecule has 1 aromatic rings. The first kappa shape index (κ1) is 19.3. The number of aliphatic hydroxyl groups is 3. The molecule has 2 fully saturated rings. The van der Waals surface area contributed by atoms with Crippen LogP contribution in [0.4, 0.5) is 19.0 Å². The van der Waals surface area contributed by atoms with Gasteiger partial charge in [0.25, 0.3) is 0 Å². The summed E-state index contributed by atoms with van der Waals surface area (Å²) in [6.45, 7) is 2.64. The van der Waals surface area contributed by atoms with Crippen molar-refractivity contribution in [1.82, 2.24) is 9.88 Å². The van der Waals surface area contributed by atoms with Crippen LogP contribution in [0.1, 0.15) is 18.4 Å². The summed E-state index contributed by atoms with van der Waals surface area (Å²) < 4.78 is 38.0. The third-order valence-corrected chi connectivity index (χ3v) is 5.11. The van der Waals surface area contributed by atoms with Crippen LogP contribution in [0, 0.1) is 5.92 Å². The number of anilines is 1. The number of aromatic nitrogens is 1. The molecule has 3 atom stereocenters. The van der Waals surface area contributed by atoms with Gasteiger partial charge < -0.3 is 20.2 Å². The fourth-order valence-electron chi connectivity index (χ4n) is 3.75. The van der Waals surface area contributed by atoms with E-state index in [-0.39, 0.29) is 5.92 Å². The Balaban J connectivity index is 1.59. The molecule has 2 aliphatic rings. The molecule has 0 aliphatic carbocycles. The SMILES string of the molecule is OC1CN(C[C@@H]2CCCN(c3ccc(C(F)(F)F)cn3)C2)CC(O)C1O. The average molecular weight is 375 g/mol. The number of likely N-dealkylation sites (tertiary alicyclic amines) is 1. The molecular weight excluding hydrogens is 351 g/mol. The van der Waals surface area contributed by atoms with Gasteiger partial charge in [-0.05, 0) is 30.9 Å². The first-order chi connectivity index (χ1) is 12.2. The molecule has 3 rings (SSSR count). The normalized spacial score (nSPS) is 31.2. The van der Waals surface area contributed by atoms with Crippen molar-refractivity contribution < 1.29 is 28.5 Å². The van der Waals surface area contributed by atoms with Crippen molar-refractivity contribution in [2.24, 2.45) is 5.92 Å². The number of nitrogens with zero attached hydrogens (tertiary/aromatic N) is 3. The maximum Gasteiger partial charge on any atom is 0.417 e. The van der Waals surface area contributed by atoms with Gasteiger partial charge in [0.15, 0.2) is 0 Å². The van der Waals surface area contributed by atoms with E-state index in [2.05, 4.69) is 4.98 Å². The van der Waals surface area contributed by atoms with Crippen molar-refractivity contribution in [3.63, 3.8) is 0 Å². The fraction of sp³-hybridized carbons (Fsp3) is 0.706. The highest BCUT2D eigenvalue weighted by molar-refractivity contribution is 5.40. The Morgan fingerprint density at radius 2 is 1.77 bits per heavy atom. The molecular formula is C17H24F3N3O3. The van der Waals surface area contributed by atoms with Crippen molar-refractivity contribution in [2.75, 3.05) is 37.6 Å². The summed E-state index contributed by atoms with van der Waals surface area (Å²) in [6.07, 6.45) is -4.75. The Labute approximate surface area is 149 Å². The van der Waals surface area contributed by atoms with Gasteiger partial charge in [-0.3, -0.25) is 4.90 Å². The minimum atomic E-state index is -4.39. The Morgan fingerprint density at radius 1 is 1.08 bits per heavy atom. The first-order valence-electron chi connectivity index (χ1n) is 8.79. The average Bonchev–Trinajstić information content (AvgIpc) is 2.59. The molecule has 2 aliphatic heterocycles. The number of hydrogen-bond acceptors (Lipinski definition) is 6. The Bertz CT molecular complexity index is 587. The van der Waals surface area contributed by atoms with Crippen LogP contribution in [0.5, 0.6) is 0 Å². The molecule has 0 saturated carbocycles. The molecule has 2 unspecified atom stereocenters. The summed E-state index contributed by atoms with van der Waals surface area (Å²) in [6, 6.07) is 2.45. The van der Waals surface area contributed by atoms with Crippen molar-refractivity contribution >= 4 is 5.82 Å². The Kier molecular flexibility index (Phi) is 5.71. The topological polar surface area (TPSA) is 80.1 Å². The van der Waals surface area contributed by atoms with Gasteiger partial charge in [-0.25, -0.2) is 4.98 Å². The second-order valence-electron chi connectivity index (χ2n) is 7.20. The molecule has 1 aromatic heterocycles. The van der Waals surface area contributed by atoms with Gasteiger partial charge in [-0.1, -0.05) is 0 Å². The van der Waals surface area contributed by atoms with Gasteiger partial charge in [-0.2, -0.15) is 13.2 Å². The van der Waals surface area contributed by atoms with Gasteiger partial charge in [0.2, 0.25) is 0 Å². The lowest BCUT2D eigenvalue weighted by Crippen LogP contribution is -2.56. The maximum atomic E-state index is 12.7. The standard InChI is InChI=1S/C17H24F3N3O3/c18-17(19,20)12-3-4-15(21-6-12)23-5-1-2-11(8-23)7-22-9-13(24)16(26)14(25)10-22/h3-4,6,11,13-14,16,24-26H,1-2,5,7-10H2/t11-,13?,14?,16?/m0/s1. The maximum absolute atomic E-state index is 12.7. The zero-order chi connectivity index (χ0) is 18.9. The van der Waals surface area contributed by atoms with Crippen LogP contribution in [-0.2, 0) is 6.18 Å². The highest BCUT2D eigenvalue weighted by Crippen LogP contribution is 2.30. The largest absolute Gasteiger partial charge is 0.417 e.